The maximum Gasteiger partial charge on any atom is 0.276 e. The van der Waals surface area contributed by atoms with Gasteiger partial charge in [-0.05, 0) is 24.3 Å². The van der Waals surface area contributed by atoms with Crippen molar-refractivity contribution in [3.05, 3.63) is 72.7 Å². The molecule has 0 aliphatic carbocycles. The van der Waals surface area contributed by atoms with E-state index >= 15 is 0 Å². The van der Waals surface area contributed by atoms with Gasteiger partial charge in [0.15, 0.2) is 0 Å². The molecule has 148 valence electrons. The van der Waals surface area contributed by atoms with Crippen molar-refractivity contribution >= 4 is 28.8 Å². The number of nitrogens with one attached hydrogen (secondary N) is 1. The van der Waals surface area contributed by atoms with E-state index in [-0.39, 0.29) is 5.91 Å². The van der Waals surface area contributed by atoms with Crippen LogP contribution < -0.4 is 15.1 Å². The van der Waals surface area contributed by atoms with Gasteiger partial charge in [-0.15, -0.1) is 0 Å². The van der Waals surface area contributed by atoms with Crippen molar-refractivity contribution in [2.75, 3.05) is 48.5 Å². The summed E-state index contributed by atoms with van der Waals surface area (Å²) in [7, 11) is 1.74. The number of nitrogens with zero attached hydrogens (tertiary/aromatic N) is 4. The average molecular weight is 389 g/mol. The predicted octanol–water partition coefficient (Wildman–Crippen LogP) is 3.33. The van der Waals surface area contributed by atoms with Crippen molar-refractivity contribution < 1.29 is 9.53 Å². The molecule has 1 amide bonds. The van der Waals surface area contributed by atoms with Gasteiger partial charge in [-0.1, -0.05) is 30.3 Å². The molecule has 1 N–H and O–H groups in total. The minimum atomic E-state index is -0.192. The third kappa shape index (κ3) is 4.35. The van der Waals surface area contributed by atoms with Crippen molar-refractivity contribution in [2.24, 2.45) is 0 Å². The van der Waals surface area contributed by atoms with Crippen LogP contribution in [0.4, 0.5) is 22.9 Å². The highest BCUT2D eigenvalue weighted by atomic mass is 16.5. The van der Waals surface area contributed by atoms with Crippen LogP contribution in [0.25, 0.3) is 0 Å². The molecule has 1 aliphatic rings. The molecule has 0 unspecified atom stereocenters. The summed E-state index contributed by atoms with van der Waals surface area (Å²) in [5.74, 6) is 0.383. The highest BCUT2D eigenvalue weighted by molar-refractivity contribution is 6.04. The van der Waals surface area contributed by atoms with E-state index in [1.165, 1.54) is 6.33 Å². The molecular formula is C22H23N5O2. The van der Waals surface area contributed by atoms with Gasteiger partial charge >= 0.3 is 0 Å². The van der Waals surface area contributed by atoms with Crippen LogP contribution >= 0.6 is 0 Å². The smallest absolute Gasteiger partial charge is 0.276 e. The van der Waals surface area contributed by atoms with Gasteiger partial charge in [0.05, 0.1) is 24.6 Å². The molecule has 0 atom stereocenters. The van der Waals surface area contributed by atoms with E-state index in [9.17, 15) is 4.79 Å². The van der Waals surface area contributed by atoms with Gasteiger partial charge in [0.25, 0.3) is 5.91 Å². The summed E-state index contributed by atoms with van der Waals surface area (Å²) in [6, 6.07) is 19.2. The molecule has 1 aliphatic heterocycles. The number of carbonyl (C=O) groups is 1. The second-order valence-electron chi connectivity index (χ2n) is 6.73. The van der Waals surface area contributed by atoms with Crippen LogP contribution in [0.5, 0.6) is 0 Å². The summed E-state index contributed by atoms with van der Waals surface area (Å²) in [6.45, 7) is 3.11. The van der Waals surface area contributed by atoms with Crippen LogP contribution in [0.15, 0.2) is 67.0 Å². The first-order chi connectivity index (χ1) is 14.2. The average Bonchev–Trinajstić information content (AvgIpc) is 2.80. The summed E-state index contributed by atoms with van der Waals surface area (Å²) < 4.78 is 5.46. The summed E-state index contributed by atoms with van der Waals surface area (Å²) >= 11 is 0. The summed E-state index contributed by atoms with van der Waals surface area (Å²) in [4.78, 5) is 25.2. The topological polar surface area (TPSA) is 70.6 Å². The fourth-order valence-electron chi connectivity index (χ4n) is 3.28. The Labute approximate surface area is 170 Å². The van der Waals surface area contributed by atoms with Crippen molar-refractivity contribution in [1.82, 2.24) is 9.97 Å². The first-order valence-corrected chi connectivity index (χ1v) is 9.56. The molecule has 0 bridgehead atoms. The second kappa shape index (κ2) is 8.70. The van der Waals surface area contributed by atoms with E-state index in [2.05, 4.69) is 26.3 Å². The molecule has 4 rings (SSSR count). The molecule has 7 nitrogen and oxygen atoms in total. The van der Waals surface area contributed by atoms with Gasteiger partial charge < -0.3 is 19.9 Å². The molecule has 2 aromatic carbocycles. The Morgan fingerprint density at radius 3 is 2.55 bits per heavy atom. The van der Waals surface area contributed by atoms with E-state index < -0.39 is 0 Å². The number of carbonyl (C=O) groups excluding carboxylic acids is 1. The molecule has 3 aromatic rings. The SMILES string of the molecule is CN(C(=O)c1cc(Nc2ccccc2N2CCOCC2)ncn1)c1ccccc1. The van der Waals surface area contributed by atoms with Crippen LogP contribution in [-0.2, 0) is 4.74 Å². The number of aromatic nitrogens is 2. The van der Waals surface area contributed by atoms with Gasteiger partial charge in [0.2, 0.25) is 0 Å². The largest absolute Gasteiger partial charge is 0.378 e. The quantitative estimate of drug-likeness (QED) is 0.722. The Kier molecular flexibility index (Phi) is 5.67. The summed E-state index contributed by atoms with van der Waals surface area (Å²) in [6.07, 6.45) is 1.41. The van der Waals surface area contributed by atoms with Crippen LogP contribution in [0.3, 0.4) is 0 Å². The zero-order chi connectivity index (χ0) is 20.1. The molecule has 0 spiro atoms. The van der Waals surface area contributed by atoms with Crippen molar-refractivity contribution in [2.45, 2.75) is 0 Å². The first kappa shape index (κ1) is 18.9. The highest BCUT2D eigenvalue weighted by Crippen LogP contribution is 2.28. The zero-order valence-corrected chi connectivity index (χ0v) is 16.3. The maximum atomic E-state index is 12.8. The molecule has 1 fully saturated rings. The number of amides is 1. The number of ether oxygens (including phenoxy) is 1. The fraction of sp³-hybridized carbons (Fsp3) is 0.227. The number of benzene rings is 2. The molecule has 29 heavy (non-hydrogen) atoms. The molecule has 1 saturated heterocycles. The molecule has 0 saturated carbocycles. The Balaban J connectivity index is 1.55. The maximum absolute atomic E-state index is 12.8. The summed E-state index contributed by atoms with van der Waals surface area (Å²) in [5, 5.41) is 3.34. The lowest BCUT2D eigenvalue weighted by Crippen LogP contribution is -2.36. The molecule has 2 heterocycles. The van der Waals surface area contributed by atoms with Crippen LogP contribution in [0.1, 0.15) is 10.5 Å². The second-order valence-corrected chi connectivity index (χ2v) is 6.73. The molecule has 7 heteroatoms. The van der Waals surface area contributed by atoms with Gasteiger partial charge in [-0.2, -0.15) is 0 Å². The number of rotatable bonds is 5. The first-order valence-electron chi connectivity index (χ1n) is 9.56. The lowest BCUT2D eigenvalue weighted by molar-refractivity contribution is 0.0988. The van der Waals surface area contributed by atoms with Crippen molar-refractivity contribution in [3.63, 3.8) is 0 Å². The lowest BCUT2D eigenvalue weighted by atomic mass is 10.2. The third-order valence-electron chi connectivity index (χ3n) is 4.85. The monoisotopic (exact) mass is 389 g/mol. The Morgan fingerprint density at radius 2 is 1.76 bits per heavy atom. The number of morpholine rings is 1. The minimum Gasteiger partial charge on any atom is -0.378 e. The Hall–Kier alpha value is -3.45. The van der Waals surface area contributed by atoms with Gasteiger partial charge in [-0.25, -0.2) is 9.97 Å². The summed E-state index contributed by atoms with van der Waals surface area (Å²) in [5.41, 5.74) is 3.16. The van der Waals surface area contributed by atoms with Crippen LogP contribution in [0, 0.1) is 0 Å². The predicted molar refractivity (Wildman–Crippen MR) is 114 cm³/mol. The zero-order valence-electron chi connectivity index (χ0n) is 16.3. The number of hydrogen-bond acceptors (Lipinski definition) is 6. The van der Waals surface area contributed by atoms with E-state index in [4.69, 9.17) is 4.74 Å². The number of para-hydroxylation sites is 3. The molecule has 1 aromatic heterocycles. The Morgan fingerprint density at radius 1 is 1.03 bits per heavy atom. The molecular weight excluding hydrogens is 366 g/mol. The standard InChI is InChI=1S/C22H23N5O2/c1-26(17-7-3-2-4-8-17)22(28)19-15-21(24-16-23-19)25-18-9-5-6-10-20(18)27-11-13-29-14-12-27/h2-10,15-16H,11-14H2,1H3,(H,23,24,25). The van der Waals surface area contributed by atoms with E-state index in [1.54, 1.807) is 18.0 Å². The normalized spacial score (nSPS) is 13.8. The highest BCUT2D eigenvalue weighted by Gasteiger charge is 2.17. The fourth-order valence-corrected chi connectivity index (χ4v) is 3.28. The number of hydrogen-bond donors (Lipinski definition) is 1. The van der Waals surface area contributed by atoms with Crippen LogP contribution in [0.2, 0.25) is 0 Å². The van der Waals surface area contributed by atoms with E-state index in [0.29, 0.717) is 24.7 Å². The van der Waals surface area contributed by atoms with Gasteiger partial charge in [0, 0.05) is 31.9 Å². The molecule has 0 radical (unpaired) electrons. The van der Waals surface area contributed by atoms with E-state index in [0.717, 1.165) is 30.2 Å². The number of anilines is 4. The van der Waals surface area contributed by atoms with Crippen molar-refractivity contribution in [1.29, 1.82) is 0 Å². The van der Waals surface area contributed by atoms with E-state index in [1.807, 2.05) is 48.5 Å². The third-order valence-corrected chi connectivity index (χ3v) is 4.85. The van der Waals surface area contributed by atoms with Crippen LogP contribution in [-0.4, -0.2) is 49.2 Å². The minimum absolute atomic E-state index is 0.192. The van der Waals surface area contributed by atoms with Gasteiger partial charge in [0.1, 0.15) is 17.8 Å². The van der Waals surface area contributed by atoms with Gasteiger partial charge in [-0.3, -0.25) is 4.79 Å². The van der Waals surface area contributed by atoms with Crippen molar-refractivity contribution in [3.8, 4) is 0 Å². The Bertz CT molecular complexity index is 974. The lowest BCUT2D eigenvalue weighted by Gasteiger charge is -2.30.